The Morgan fingerprint density at radius 1 is 1.44 bits per heavy atom. The molecule has 4 heteroatoms. The number of hydrogen-bond donors (Lipinski definition) is 1. The zero-order chi connectivity index (χ0) is 13.4. The van der Waals surface area contributed by atoms with Crippen LogP contribution in [0.3, 0.4) is 0 Å². The van der Waals surface area contributed by atoms with E-state index in [1.165, 1.54) is 0 Å². The summed E-state index contributed by atoms with van der Waals surface area (Å²) in [5.41, 5.74) is 0.743. The molecule has 0 saturated carbocycles. The van der Waals surface area contributed by atoms with Crippen LogP contribution in [0.5, 0.6) is 5.75 Å². The summed E-state index contributed by atoms with van der Waals surface area (Å²) in [5, 5.41) is 11.2. The van der Waals surface area contributed by atoms with Crippen LogP contribution in [0.2, 0.25) is 0 Å². The van der Waals surface area contributed by atoms with Crippen molar-refractivity contribution < 1.29 is 9.53 Å². The van der Waals surface area contributed by atoms with Crippen LogP contribution in [0.4, 0.5) is 5.69 Å². The number of amides is 1. The van der Waals surface area contributed by atoms with Crippen LogP contribution < -0.4 is 10.1 Å². The van der Waals surface area contributed by atoms with Gasteiger partial charge in [-0.05, 0) is 30.7 Å². The highest BCUT2D eigenvalue weighted by Crippen LogP contribution is 2.17. The van der Waals surface area contributed by atoms with Crippen LogP contribution in [0.25, 0.3) is 0 Å². The van der Waals surface area contributed by atoms with E-state index < -0.39 is 0 Å². The second kappa shape index (κ2) is 7.33. The maximum Gasteiger partial charge on any atom is 0.227 e. The number of anilines is 1. The van der Waals surface area contributed by atoms with E-state index >= 15 is 0 Å². The molecule has 0 radical (unpaired) electrons. The molecule has 0 aliphatic heterocycles. The van der Waals surface area contributed by atoms with E-state index in [0.29, 0.717) is 5.75 Å². The number of rotatable bonds is 6. The lowest BCUT2D eigenvalue weighted by Gasteiger charge is -2.11. The highest BCUT2D eigenvalue weighted by Gasteiger charge is 2.11. The third-order valence-electron chi connectivity index (χ3n) is 2.59. The molecule has 0 aliphatic carbocycles. The maximum absolute atomic E-state index is 11.8. The molecule has 1 amide bonds. The first-order chi connectivity index (χ1) is 8.67. The molecule has 1 aromatic carbocycles. The minimum Gasteiger partial charge on any atom is -0.479 e. The average molecular weight is 246 g/mol. The van der Waals surface area contributed by atoms with Gasteiger partial charge in [0, 0.05) is 11.6 Å². The molecule has 0 bridgehead atoms. The first-order valence-electron chi connectivity index (χ1n) is 6.08. The Morgan fingerprint density at radius 2 is 2.11 bits per heavy atom. The van der Waals surface area contributed by atoms with Crippen LogP contribution >= 0.6 is 0 Å². The first kappa shape index (κ1) is 14.0. The lowest BCUT2D eigenvalue weighted by atomic mass is 10.1. The fraction of sp³-hybridized carbons (Fsp3) is 0.429. The Labute approximate surface area is 108 Å². The quantitative estimate of drug-likeness (QED) is 0.839. The molecule has 1 N–H and O–H groups in total. The number of hydrogen-bond acceptors (Lipinski definition) is 3. The van der Waals surface area contributed by atoms with Gasteiger partial charge in [0.2, 0.25) is 5.91 Å². The van der Waals surface area contributed by atoms with Crippen molar-refractivity contribution in [2.45, 2.75) is 26.7 Å². The highest BCUT2D eigenvalue weighted by atomic mass is 16.5. The lowest BCUT2D eigenvalue weighted by Crippen LogP contribution is -2.20. The molecule has 0 aliphatic rings. The van der Waals surface area contributed by atoms with E-state index in [2.05, 4.69) is 12.2 Å². The van der Waals surface area contributed by atoms with Gasteiger partial charge in [-0.3, -0.25) is 4.79 Å². The van der Waals surface area contributed by atoms with Crippen molar-refractivity contribution in [3.8, 4) is 11.8 Å². The van der Waals surface area contributed by atoms with Crippen molar-refractivity contribution in [3.63, 3.8) is 0 Å². The molecule has 0 aromatic heterocycles. The number of benzene rings is 1. The number of carbonyl (C=O) groups is 1. The van der Waals surface area contributed by atoms with E-state index in [0.717, 1.165) is 18.5 Å². The predicted octanol–water partition coefficient (Wildman–Crippen LogP) is 2.96. The Kier molecular flexibility index (Phi) is 5.72. The van der Waals surface area contributed by atoms with E-state index in [1.54, 1.807) is 24.3 Å². The van der Waals surface area contributed by atoms with E-state index in [9.17, 15) is 4.79 Å². The minimum absolute atomic E-state index is 0.0181. The number of nitrogens with one attached hydrogen (secondary N) is 1. The van der Waals surface area contributed by atoms with Gasteiger partial charge in [0.15, 0.2) is 6.61 Å². The molecule has 1 rings (SSSR count). The molecular formula is C14H18N2O2. The molecule has 96 valence electrons. The smallest absolute Gasteiger partial charge is 0.227 e. The van der Waals surface area contributed by atoms with Crippen LogP contribution in [0.15, 0.2) is 24.3 Å². The van der Waals surface area contributed by atoms with Gasteiger partial charge in [-0.1, -0.05) is 20.3 Å². The van der Waals surface area contributed by atoms with Gasteiger partial charge in [0.1, 0.15) is 11.8 Å². The lowest BCUT2D eigenvalue weighted by molar-refractivity contribution is -0.119. The maximum atomic E-state index is 11.8. The summed E-state index contributed by atoms with van der Waals surface area (Å²) in [6.45, 7) is 4.01. The summed E-state index contributed by atoms with van der Waals surface area (Å²) in [5.74, 6) is 0.670. The summed E-state index contributed by atoms with van der Waals surface area (Å²) >= 11 is 0. The predicted molar refractivity (Wildman–Crippen MR) is 70.3 cm³/mol. The Morgan fingerprint density at radius 3 is 2.67 bits per heavy atom. The molecule has 1 aromatic rings. The van der Waals surface area contributed by atoms with Crippen molar-refractivity contribution in [1.29, 1.82) is 5.26 Å². The summed E-state index contributed by atoms with van der Waals surface area (Å²) in [7, 11) is 0. The molecule has 1 unspecified atom stereocenters. The standard InChI is InChI=1S/C14H18N2O2/c1-3-4-11(2)14(17)16-12-5-7-13(8-6-12)18-10-9-15/h5-8,11H,3-4,10H2,1-2H3,(H,16,17). The zero-order valence-electron chi connectivity index (χ0n) is 10.8. The SMILES string of the molecule is CCCC(C)C(=O)Nc1ccc(OCC#N)cc1. The van der Waals surface area contributed by atoms with E-state index in [-0.39, 0.29) is 18.4 Å². The van der Waals surface area contributed by atoms with Gasteiger partial charge >= 0.3 is 0 Å². The molecular weight excluding hydrogens is 228 g/mol. The fourth-order valence-electron chi connectivity index (χ4n) is 1.58. The van der Waals surface area contributed by atoms with Gasteiger partial charge in [0.25, 0.3) is 0 Å². The second-order valence-electron chi connectivity index (χ2n) is 4.15. The van der Waals surface area contributed by atoms with Gasteiger partial charge in [-0.2, -0.15) is 5.26 Å². The van der Waals surface area contributed by atoms with E-state index in [1.807, 2.05) is 13.0 Å². The normalized spacial score (nSPS) is 11.4. The van der Waals surface area contributed by atoms with E-state index in [4.69, 9.17) is 10.00 Å². The van der Waals surface area contributed by atoms with Crippen LogP contribution in [-0.4, -0.2) is 12.5 Å². The minimum atomic E-state index is 0.0181. The summed E-state index contributed by atoms with van der Waals surface area (Å²) < 4.78 is 5.13. The van der Waals surface area contributed by atoms with Gasteiger partial charge in [-0.25, -0.2) is 0 Å². The van der Waals surface area contributed by atoms with Crippen molar-refractivity contribution >= 4 is 11.6 Å². The second-order valence-corrected chi connectivity index (χ2v) is 4.15. The van der Waals surface area contributed by atoms with Gasteiger partial charge in [-0.15, -0.1) is 0 Å². The van der Waals surface area contributed by atoms with Gasteiger partial charge in [0.05, 0.1) is 0 Å². The van der Waals surface area contributed by atoms with Crippen LogP contribution in [0.1, 0.15) is 26.7 Å². The van der Waals surface area contributed by atoms with Crippen molar-refractivity contribution in [1.82, 2.24) is 0 Å². The fourth-order valence-corrected chi connectivity index (χ4v) is 1.58. The van der Waals surface area contributed by atoms with Crippen LogP contribution in [0, 0.1) is 17.2 Å². The number of nitriles is 1. The number of nitrogens with zero attached hydrogens (tertiary/aromatic N) is 1. The Bertz CT molecular complexity index is 420. The third kappa shape index (κ3) is 4.46. The molecule has 0 saturated heterocycles. The Balaban J connectivity index is 2.53. The highest BCUT2D eigenvalue weighted by molar-refractivity contribution is 5.92. The number of carbonyl (C=O) groups excluding carboxylic acids is 1. The molecule has 0 spiro atoms. The Hall–Kier alpha value is -2.02. The monoisotopic (exact) mass is 246 g/mol. The summed E-state index contributed by atoms with van der Waals surface area (Å²) in [6.07, 6.45) is 1.88. The molecule has 0 heterocycles. The molecule has 4 nitrogen and oxygen atoms in total. The number of ether oxygens (including phenoxy) is 1. The third-order valence-corrected chi connectivity index (χ3v) is 2.59. The molecule has 18 heavy (non-hydrogen) atoms. The zero-order valence-corrected chi connectivity index (χ0v) is 10.8. The summed E-state index contributed by atoms with van der Waals surface area (Å²) in [4.78, 5) is 11.8. The average Bonchev–Trinajstić information content (AvgIpc) is 2.38. The summed E-state index contributed by atoms with van der Waals surface area (Å²) in [6, 6.07) is 8.90. The molecule has 0 fully saturated rings. The first-order valence-corrected chi connectivity index (χ1v) is 6.08. The van der Waals surface area contributed by atoms with Gasteiger partial charge < -0.3 is 10.1 Å². The van der Waals surface area contributed by atoms with Crippen molar-refractivity contribution in [2.75, 3.05) is 11.9 Å². The largest absolute Gasteiger partial charge is 0.479 e. The molecule has 1 atom stereocenters. The van der Waals surface area contributed by atoms with Crippen molar-refractivity contribution in [2.24, 2.45) is 5.92 Å². The van der Waals surface area contributed by atoms with Crippen molar-refractivity contribution in [3.05, 3.63) is 24.3 Å². The van der Waals surface area contributed by atoms with Crippen LogP contribution in [-0.2, 0) is 4.79 Å². The topological polar surface area (TPSA) is 62.1 Å².